The van der Waals surface area contributed by atoms with Crippen molar-refractivity contribution >= 4 is 6.03 Å². The van der Waals surface area contributed by atoms with Crippen LogP contribution in [-0.4, -0.2) is 53.7 Å². The SMILES string of the molecule is C[C@@H](NC(=O)N1CCC(CCN2CCCC2)CC1)c1ccc(O)cc1. The number of carbonyl (C=O) groups excluding carboxylic acids is 1. The maximum Gasteiger partial charge on any atom is 0.317 e. The lowest BCUT2D eigenvalue weighted by Gasteiger charge is -2.33. The second-order valence-electron chi connectivity index (χ2n) is 7.53. The van der Waals surface area contributed by atoms with Crippen molar-refractivity contribution in [2.75, 3.05) is 32.7 Å². The highest BCUT2D eigenvalue weighted by Gasteiger charge is 2.24. The van der Waals surface area contributed by atoms with E-state index in [1.165, 1.54) is 38.9 Å². The fraction of sp³-hybridized carbons (Fsp3) is 0.650. The van der Waals surface area contributed by atoms with Gasteiger partial charge in [0, 0.05) is 13.1 Å². The van der Waals surface area contributed by atoms with E-state index in [-0.39, 0.29) is 17.8 Å². The summed E-state index contributed by atoms with van der Waals surface area (Å²) in [4.78, 5) is 17.0. The summed E-state index contributed by atoms with van der Waals surface area (Å²) >= 11 is 0. The minimum Gasteiger partial charge on any atom is -0.508 e. The van der Waals surface area contributed by atoms with Gasteiger partial charge in [0.15, 0.2) is 0 Å². The number of piperidine rings is 1. The van der Waals surface area contributed by atoms with Crippen molar-refractivity contribution < 1.29 is 9.90 Å². The topological polar surface area (TPSA) is 55.8 Å². The Hall–Kier alpha value is -1.75. The molecule has 0 bridgehead atoms. The Morgan fingerprint density at radius 3 is 2.44 bits per heavy atom. The van der Waals surface area contributed by atoms with Crippen molar-refractivity contribution in [1.82, 2.24) is 15.1 Å². The van der Waals surface area contributed by atoms with E-state index in [4.69, 9.17) is 0 Å². The second kappa shape index (κ2) is 8.56. The molecule has 0 saturated carbocycles. The zero-order valence-corrected chi connectivity index (χ0v) is 15.3. The summed E-state index contributed by atoms with van der Waals surface area (Å²) in [6.45, 7) is 7.48. The van der Waals surface area contributed by atoms with Crippen LogP contribution in [0.2, 0.25) is 0 Å². The molecule has 2 fully saturated rings. The summed E-state index contributed by atoms with van der Waals surface area (Å²) in [5, 5.41) is 12.4. The van der Waals surface area contributed by atoms with Crippen molar-refractivity contribution in [3.8, 4) is 5.75 Å². The number of amides is 2. The van der Waals surface area contributed by atoms with Gasteiger partial charge in [-0.1, -0.05) is 12.1 Å². The molecule has 3 rings (SSSR count). The van der Waals surface area contributed by atoms with Crippen LogP contribution in [0.3, 0.4) is 0 Å². The fourth-order valence-corrected chi connectivity index (χ4v) is 3.92. The molecule has 1 aromatic rings. The minimum absolute atomic E-state index is 0.0265. The fourth-order valence-electron chi connectivity index (χ4n) is 3.92. The maximum atomic E-state index is 12.5. The molecule has 1 aromatic carbocycles. The van der Waals surface area contributed by atoms with E-state index < -0.39 is 0 Å². The summed E-state index contributed by atoms with van der Waals surface area (Å²) in [6.07, 6.45) is 6.23. The van der Waals surface area contributed by atoms with Gasteiger partial charge in [-0.3, -0.25) is 0 Å². The molecule has 25 heavy (non-hydrogen) atoms. The monoisotopic (exact) mass is 345 g/mol. The summed E-state index contributed by atoms with van der Waals surface area (Å²) in [5.74, 6) is 1.01. The third-order valence-electron chi connectivity index (χ3n) is 5.69. The quantitative estimate of drug-likeness (QED) is 0.860. The third kappa shape index (κ3) is 5.11. The number of carbonyl (C=O) groups is 1. The Morgan fingerprint density at radius 1 is 1.16 bits per heavy atom. The van der Waals surface area contributed by atoms with Gasteiger partial charge in [-0.2, -0.15) is 0 Å². The molecule has 2 aliphatic heterocycles. The molecule has 1 atom stereocenters. The van der Waals surface area contributed by atoms with Gasteiger partial charge in [-0.15, -0.1) is 0 Å². The molecule has 0 aliphatic carbocycles. The predicted molar refractivity (Wildman–Crippen MR) is 99.6 cm³/mol. The summed E-state index contributed by atoms with van der Waals surface area (Å²) < 4.78 is 0. The molecule has 5 nitrogen and oxygen atoms in total. The van der Waals surface area contributed by atoms with Crippen LogP contribution in [0.15, 0.2) is 24.3 Å². The summed E-state index contributed by atoms with van der Waals surface area (Å²) in [7, 11) is 0. The van der Waals surface area contributed by atoms with Gasteiger partial charge in [0.1, 0.15) is 5.75 Å². The summed E-state index contributed by atoms with van der Waals surface area (Å²) in [6, 6.07) is 6.99. The Morgan fingerprint density at radius 2 is 1.80 bits per heavy atom. The molecule has 5 heteroatoms. The number of hydrogen-bond acceptors (Lipinski definition) is 3. The average molecular weight is 345 g/mol. The molecule has 2 saturated heterocycles. The normalized spacial score (nSPS) is 20.6. The van der Waals surface area contributed by atoms with Crippen molar-refractivity contribution in [3.63, 3.8) is 0 Å². The van der Waals surface area contributed by atoms with E-state index in [2.05, 4.69) is 10.2 Å². The number of rotatable bonds is 5. The van der Waals surface area contributed by atoms with E-state index in [9.17, 15) is 9.90 Å². The molecule has 2 aliphatic rings. The van der Waals surface area contributed by atoms with E-state index in [1.54, 1.807) is 12.1 Å². The number of likely N-dealkylation sites (tertiary alicyclic amines) is 2. The highest BCUT2D eigenvalue weighted by Crippen LogP contribution is 2.23. The van der Waals surface area contributed by atoms with Gasteiger partial charge in [0.2, 0.25) is 0 Å². The molecule has 2 heterocycles. The van der Waals surface area contributed by atoms with Crippen LogP contribution in [-0.2, 0) is 0 Å². The first-order chi connectivity index (χ1) is 12.1. The lowest BCUT2D eigenvalue weighted by atomic mass is 9.93. The van der Waals surface area contributed by atoms with Gasteiger partial charge < -0.3 is 20.2 Å². The number of phenolic OH excluding ortho intramolecular Hbond substituents is 1. The number of phenols is 1. The third-order valence-corrected chi connectivity index (χ3v) is 5.69. The first kappa shape index (κ1) is 18.1. The Labute approximate surface area is 151 Å². The Kier molecular flexibility index (Phi) is 6.19. The molecule has 0 spiro atoms. The van der Waals surface area contributed by atoms with Gasteiger partial charge in [-0.25, -0.2) is 4.79 Å². The first-order valence-electron chi connectivity index (χ1n) is 9.68. The van der Waals surface area contributed by atoms with Crippen LogP contribution >= 0.6 is 0 Å². The van der Waals surface area contributed by atoms with Crippen molar-refractivity contribution in [2.24, 2.45) is 5.92 Å². The highest BCUT2D eigenvalue weighted by atomic mass is 16.3. The number of benzene rings is 1. The molecule has 2 amide bonds. The number of aromatic hydroxyl groups is 1. The zero-order chi connectivity index (χ0) is 17.6. The predicted octanol–water partition coefficient (Wildman–Crippen LogP) is 3.36. The lowest BCUT2D eigenvalue weighted by Crippen LogP contribution is -2.45. The molecule has 138 valence electrons. The number of nitrogens with zero attached hydrogens (tertiary/aromatic N) is 2. The van der Waals surface area contributed by atoms with Crippen LogP contribution in [0.4, 0.5) is 4.79 Å². The Balaban J connectivity index is 1.39. The number of urea groups is 1. The van der Waals surface area contributed by atoms with Gasteiger partial charge in [0.05, 0.1) is 6.04 Å². The van der Waals surface area contributed by atoms with Crippen LogP contribution in [0.1, 0.15) is 50.6 Å². The van der Waals surface area contributed by atoms with Crippen LogP contribution < -0.4 is 5.32 Å². The number of hydrogen-bond donors (Lipinski definition) is 2. The van der Waals surface area contributed by atoms with Crippen LogP contribution in [0.25, 0.3) is 0 Å². The van der Waals surface area contributed by atoms with Gasteiger partial charge in [-0.05, 0) is 82.3 Å². The first-order valence-corrected chi connectivity index (χ1v) is 9.68. The van der Waals surface area contributed by atoms with Crippen molar-refractivity contribution in [3.05, 3.63) is 29.8 Å². The van der Waals surface area contributed by atoms with Crippen LogP contribution in [0.5, 0.6) is 5.75 Å². The zero-order valence-electron chi connectivity index (χ0n) is 15.3. The van der Waals surface area contributed by atoms with Crippen molar-refractivity contribution in [2.45, 2.75) is 45.1 Å². The standard InChI is InChI=1S/C20H31N3O2/c1-16(18-4-6-19(24)7-5-18)21-20(25)23-14-9-17(10-15-23)8-13-22-11-2-3-12-22/h4-7,16-17,24H,2-3,8-15H2,1H3,(H,21,25)/t16-/m1/s1. The molecular formula is C20H31N3O2. The lowest BCUT2D eigenvalue weighted by molar-refractivity contribution is 0.160. The molecule has 0 unspecified atom stereocenters. The molecule has 0 radical (unpaired) electrons. The number of nitrogens with one attached hydrogen (secondary N) is 1. The maximum absolute atomic E-state index is 12.5. The molecule has 2 N–H and O–H groups in total. The van der Waals surface area contributed by atoms with E-state index in [0.717, 1.165) is 37.4 Å². The van der Waals surface area contributed by atoms with E-state index >= 15 is 0 Å². The van der Waals surface area contributed by atoms with E-state index in [0.29, 0.717) is 0 Å². The minimum atomic E-state index is -0.0546. The Bertz CT molecular complexity index is 547. The second-order valence-corrected chi connectivity index (χ2v) is 7.53. The van der Waals surface area contributed by atoms with E-state index in [1.807, 2.05) is 24.0 Å². The van der Waals surface area contributed by atoms with Gasteiger partial charge >= 0.3 is 6.03 Å². The van der Waals surface area contributed by atoms with Crippen molar-refractivity contribution in [1.29, 1.82) is 0 Å². The average Bonchev–Trinajstić information content (AvgIpc) is 3.14. The molecular weight excluding hydrogens is 314 g/mol. The van der Waals surface area contributed by atoms with Gasteiger partial charge in [0.25, 0.3) is 0 Å². The van der Waals surface area contributed by atoms with Crippen LogP contribution in [0, 0.1) is 5.92 Å². The summed E-state index contributed by atoms with van der Waals surface area (Å²) in [5.41, 5.74) is 1.01. The highest BCUT2D eigenvalue weighted by molar-refractivity contribution is 5.74. The molecule has 0 aromatic heterocycles. The largest absolute Gasteiger partial charge is 0.508 e. The smallest absolute Gasteiger partial charge is 0.317 e.